The predicted molar refractivity (Wildman–Crippen MR) is 70.3 cm³/mol. The molecule has 1 rings (SSSR count). The van der Waals surface area contributed by atoms with Gasteiger partial charge in [-0.1, -0.05) is 38.0 Å². The first kappa shape index (κ1) is 15.6. The molecule has 0 radical (unpaired) electrons. The molecule has 7 heteroatoms. The van der Waals surface area contributed by atoms with E-state index in [-0.39, 0.29) is 18.2 Å². The van der Waals surface area contributed by atoms with Crippen LogP contribution in [0.25, 0.3) is 0 Å². The van der Waals surface area contributed by atoms with Crippen molar-refractivity contribution in [1.29, 1.82) is 0 Å². The van der Waals surface area contributed by atoms with Crippen LogP contribution in [0.2, 0.25) is 0 Å². The van der Waals surface area contributed by atoms with E-state index < -0.39 is 11.9 Å². The summed E-state index contributed by atoms with van der Waals surface area (Å²) in [4.78, 5) is 22.8. The number of unbranched alkanes of at least 4 members (excludes halogenated alkanes) is 1. The van der Waals surface area contributed by atoms with E-state index in [1.165, 1.54) is 16.8 Å². The van der Waals surface area contributed by atoms with Crippen LogP contribution in [0.4, 0.5) is 5.13 Å². The molecule has 106 valence electrons. The summed E-state index contributed by atoms with van der Waals surface area (Å²) in [5.74, 6) is -2.17. The Balaban J connectivity index is 2.48. The Labute approximate surface area is 116 Å². The van der Waals surface area contributed by atoms with E-state index in [2.05, 4.69) is 15.5 Å². The summed E-state index contributed by atoms with van der Waals surface area (Å²) in [5, 5.41) is 21.4. The van der Waals surface area contributed by atoms with E-state index in [0.717, 1.165) is 12.8 Å². The number of carboxylic acid groups (broad SMARTS) is 1. The van der Waals surface area contributed by atoms with E-state index in [1.54, 1.807) is 6.92 Å². The number of amides is 1. The van der Waals surface area contributed by atoms with Crippen LogP contribution in [0.15, 0.2) is 5.51 Å². The largest absolute Gasteiger partial charge is 0.550 e. The molecule has 19 heavy (non-hydrogen) atoms. The van der Waals surface area contributed by atoms with Gasteiger partial charge in [0, 0.05) is 18.3 Å². The SMILES string of the molecule is CCCC[C@H](C(=O)[O-])[C@@H](C)CC(=O)Nc1nncs1. The minimum Gasteiger partial charge on any atom is -0.550 e. The summed E-state index contributed by atoms with van der Waals surface area (Å²) in [6, 6.07) is 0. The second kappa shape index (κ2) is 7.83. The van der Waals surface area contributed by atoms with Crippen LogP contribution >= 0.6 is 11.3 Å². The second-order valence-electron chi connectivity index (χ2n) is 4.54. The van der Waals surface area contributed by atoms with Crippen LogP contribution in [0, 0.1) is 11.8 Å². The summed E-state index contributed by atoms with van der Waals surface area (Å²) in [6.45, 7) is 3.76. The number of hydrogen-bond donors (Lipinski definition) is 1. The van der Waals surface area contributed by atoms with Gasteiger partial charge >= 0.3 is 0 Å². The number of aliphatic carboxylic acids is 1. The zero-order valence-electron chi connectivity index (χ0n) is 11.1. The van der Waals surface area contributed by atoms with Gasteiger partial charge in [-0.3, -0.25) is 4.79 Å². The molecule has 0 aromatic carbocycles. The molecule has 0 spiro atoms. The van der Waals surface area contributed by atoms with E-state index in [4.69, 9.17) is 0 Å². The fraction of sp³-hybridized carbons (Fsp3) is 0.667. The molecule has 0 aliphatic rings. The Hall–Kier alpha value is -1.50. The van der Waals surface area contributed by atoms with Gasteiger partial charge in [-0.25, -0.2) is 0 Å². The normalized spacial score (nSPS) is 13.8. The van der Waals surface area contributed by atoms with Crippen molar-refractivity contribution in [1.82, 2.24) is 10.2 Å². The first-order valence-electron chi connectivity index (χ1n) is 6.31. The predicted octanol–water partition coefficient (Wildman–Crippen LogP) is 1.06. The van der Waals surface area contributed by atoms with Gasteiger partial charge < -0.3 is 15.2 Å². The monoisotopic (exact) mass is 284 g/mol. The van der Waals surface area contributed by atoms with Crippen molar-refractivity contribution in [2.75, 3.05) is 5.32 Å². The summed E-state index contributed by atoms with van der Waals surface area (Å²) < 4.78 is 0. The number of rotatable bonds is 8. The highest BCUT2D eigenvalue weighted by molar-refractivity contribution is 7.13. The average molecular weight is 284 g/mol. The highest BCUT2D eigenvalue weighted by Gasteiger charge is 2.21. The zero-order valence-corrected chi connectivity index (χ0v) is 11.9. The lowest BCUT2D eigenvalue weighted by Gasteiger charge is -2.24. The molecule has 2 atom stereocenters. The third-order valence-electron chi connectivity index (χ3n) is 2.97. The highest BCUT2D eigenvalue weighted by Crippen LogP contribution is 2.22. The Morgan fingerprint density at radius 1 is 1.53 bits per heavy atom. The lowest BCUT2D eigenvalue weighted by molar-refractivity contribution is -0.313. The van der Waals surface area contributed by atoms with Crippen LogP contribution in [0.5, 0.6) is 0 Å². The number of carboxylic acids is 1. The third kappa shape index (κ3) is 5.34. The first-order chi connectivity index (χ1) is 9.04. The summed E-state index contributed by atoms with van der Waals surface area (Å²) in [7, 11) is 0. The van der Waals surface area contributed by atoms with Crippen molar-refractivity contribution < 1.29 is 14.7 Å². The molecule has 1 aromatic rings. The molecule has 0 fully saturated rings. The molecule has 1 N–H and O–H groups in total. The molecule has 0 saturated heterocycles. The van der Waals surface area contributed by atoms with Gasteiger partial charge in [0.05, 0.1) is 0 Å². The molecule has 1 aromatic heterocycles. The van der Waals surface area contributed by atoms with Gasteiger partial charge in [0.1, 0.15) is 5.51 Å². The maximum Gasteiger partial charge on any atom is 0.226 e. The minimum absolute atomic E-state index is 0.141. The number of anilines is 1. The molecule has 1 heterocycles. The number of nitrogens with one attached hydrogen (secondary N) is 1. The summed E-state index contributed by atoms with van der Waals surface area (Å²) in [6.07, 6.45) is 2.43. The van der Waals surface area contributed by atoms with Crippen molar-refractivity contribution >= 4 is 28.3 Å². The number of nitrogens with zero attached hydrogens (tertiary/aromatic N) is 2. The standard InChI is InChI=1S/C12H19N3O3S/c1-3-4-5-9(11(17)18)8(2)6-10(16)14-12-15-13-7-19-12/h7-9H,3-6H2,1-2H3,(H,17,18)(H,14,15,16)/p-1/t8-,9-/m0/s1. The van der Waals surface area contributed by atoms with E-state index in [1.807, 2.05) is 6.92 Å². The minimum atomic E-state index is -1.08. The van der Waals surface area contributed by atoms with Crippen LogP contribution in [-0.2, 0) is 9.59 Å². The Kier molecular flexibility index (Phi) is 6.41. The van der Waals surface area contributed by atoms with Crippen molar-refractivity contribution in [3.8, 4) is 0 Å². The lowest BCUT2D eigenvalue weighted by Crippen LogP contribution is -2.36. The van der Waals surface area contributed by atoms with Crippen LogP contribution < -0.4 is 10.4 Å². The molecule has 0 unspecified atom stereocenters. The third-order valence-corrected chi connectivity index (χ3v) is 3.58. The maximum atomic E-state index is 11.7. The van der Waals surface area contributed by atoms with Crippen molar-refractivity contribution in [3.05, 3.63) is 5.51 Å². The van der Waals surface area contributed by atoms with Gasteiger partial charge in [0.15, 0.2) is 0 Å². The number of aromatic nitrogens is 2. The van der Waals surface area contributed by atoms with Crippen LogP contribution in [-0.4, -0.2) is 22.1 Å². The number of carbonyl (C=O) groups excluding carboxylic acids is 2. The molecule has 0 saturated carbocycles. The van der Waals surface area contributed by atoms with Crippen LogP contribution in [0.3, 0.4) is 0 Å². The molecule has 6 nitrogen and oxygen atoms in total. The van der Waals surface area contributed by atoms with Crippen LogP contribution in [0.1, 0.15) is 39.5 Å². The number of hydrogen-bond acceptors (Lipinski definition) is 6. The lowest BCUT2D eigenvalue weighted by atomic mass is 9.87. The van der Waals surface area contributed by atoms with Gasteiger partial charge in [-0.05, 0) is 12.3 Å². The quantitative estimate of drug-likeness (QED) is 0.770. The van der Waals surface area contributed by atoms with E-state index in [9.17, 15) is 14.7 Å². The molecule has 1 amide bonds. The number of carbonyl (C=O) groups is 2. The van der Waals surface area contributed by atoms with Crippen molar-refractivity contribution in [2.24, 2.45) is 11.8 Å². The smallest absolute Gasteiger partial charge is 0.226 e. The van der Waals surface area contributed by atoms with Crippen molar-refractivity contribution in [3.63, 3.8) is 0 Å². The van der Waals surface area contributed by atoms with Gasteiger partial charge in [-0.15, -0.1) is 10.2 Å². The highest BCUT2D eigenvalue weighted by atomic mass is 32.1. The zero-order chi connectivity index (χ0) is 14.3. The Bertz CT molecular complexity index is 408. The van der Waals surface area contributed by atoms with Gasteiger partial charge in [0.25, 0.3) is 0 Å². The molecular formula is C12H18N3O3S-. The fourth-order valence-electron chi connectivity index (χ4n) is 1.89. The van der Waals surface area contributed by atoms with Crippen molar-refractivity contribution in [2.45, 2.75) is 39.5 Å². The molecule has 0 aliphatic heterocycles. The van der Waals surface area contributed by atoms with Gasteiger partial charge in [-0.2, -0.15) is 0 Å². The second-order valence-corrected chi connectivity index (χ2v) is 5.37. The van der Waals surface area contributed by atoms with E-state index in [0.29, 0.717) is 11.6 Å². The summed E-state index contributed by atoms with van der Waals surface area (Å²) in [5.41, 5.74) is 1.52. The molecule has 0 aliphatic carbocycles. The topological polar surface area (TPSA) is 95.0 Å². The molecular weight excluding hydrogens is 266 g/mol. The average Bonchev–Trinajstić information content (AvgIpc) is 2.81. The molecule has 0 bridgehead atoms. The Morgan fingerprint density at radius 2 is 2.26 bits per heavy atom. The Morgan fingerprint density at radius 3 is 2.79 bits per heavy atom. The summed E-state index contributed by atoms with van der Waals surface area (Å²) >= 11 is 1.22. The van der Waals surface area contributed by atoms with Gasteiger partial charge in [0.2, 0.25) is 11.0 Å². The fourth-order valence-corrected chi connectivity index (χ4v) is 2.35. The van der Waals surface area contributed by atoms with E-state index >= 15 is 0 Å². The maximum absolute atomic E-state index is 11.7. The first-order valence-corrected chi connectivity index (χ1v) is 7.19.